The van der Waals surface area contributed by atoms with Gasteiger partial charge in [0, 0.05) is 45.8 Å². The first-order valence-corrected chi connectivity index (χ1v) is 13.2. The minimum absolute atomic E-state index is 0.0335. The Hall–Kier alpha value is -4.78. The molecule has 3 N–H and O–H groups in total. The molecule has 3 aromatic carbocycles. The predicted molar refractivity (Wildman–Crippen MR) is 139 cm³/mol. The molecule has 4 rings (SSSR count). The van der Waals surface area contributed by atoms with Crippen LogP contribution in [0.25, 0.3) is 21.2 Å². The van der Waals surface area contributed by atoms with E-state index in [1.807, 2.05) is 0 Å². The lowest BCUT2D eigenvalue weighted by Crippen LogP contribution is -2.40. The highest BCUT2D eigenvalue weighted by Crippen LogP contribution is 2.35. The van der Waals surface area contributed by atoms with E-state index in [0.29, 0.717) is 46.1 Å². The second kappa shape index (κ2) is 11.3. The van der Waals surface area contributed by atoms with Gasteiger partial charge in [-0.2, -0.15) is 0 Å². The molecule has 1 aliphatic heterocycles. The maximum atomic E-state index is 13.0. The largest absolute Gasteiger partial charge is 0.456 e. The zero-order valence-electron chi connectivity index (χ0n) is 20.4. The molecule has 1 heterocycles. The van der Waals surface area contributed by atoms with E-state index in [0.717, 1.165) is 4.90 Å². The number of primary sulfonamides is 1. The van der Waals surface area contributed by atoms with Crippen molar-refractivity contribution in [1.82, 2.24) is 4.90 Å². The summed E-state index contributed by atoms with van der Waals surface area (Å²) in [6.45, 7) is -0.467. The number of anilines is 1. The Kier molecular flexibility index (Phi) is 7.91. The van der Waals surface area contributed by atoms with Crippen LogP contribution in [0, 0.1) is 0 Å². The van der Waals surface area contributed by atoms with Gasteiger partial charge in [-0.15, -0.1) is 0 Å². The summed E-state index contributed by atoms with van der Waals surface area (Å²) in [5, 5.41) is 12.1. The van der Waals surface area contributed by atoms with Gasteiger partial charge in [-0.1, -0.05) is 23.3 Å². The van der Waals surface area contributed by atoms with E-state index in [1.54, 1.807) is 18.2 Å². The number of nitrogens with two attached hydrogens (primary N) is 1. The summed E-state index contributed by atoms with van der Waals surface area (Å²) < 4.78 is 27.5. The quantitative estimate of drug-likeness (QED) is 0.0961. The number of hydrogen-bond donors (Lipinski definition) is 2. The first-order chi connectivity index (χ1) is 18.6. The number of nitrogens with one attached hydrogen (secondary N) is 1. The van der Waals surface area contributed by atoms with Crippen molar-refractivity contribution in [2.45, 2.75) is 24.2 Å². The van der Waals surface area contributed by atoms with E-state index < -0.39 is 40.3 Å². The van der Waals surface area contributed by atoms with Crippen molar-refractivity contribution in [1.29, 1.82) is 0 Å². The number of rotatable bonds is 10. The van der Waals surface area contributed by atoms with Crippen molar-refractivity contribution < 1.29 is 32.3 Å². The molecular weight excluding hydrogens is 528 g/mol. The van der Waals surface area contributed by atoms with Crippen molar-refractivity contribution in [2.24, 2.45) is 10.3 Å². The molecular formula is C25H22N6O7S. The zero-order chi connectivity index (χ0) is 28.2. The molecule has 13 nitrogen and oxygen atoms in total. The summed E-state index contributed by atoms with van der Waals surface area (Å²) >= 11 is 0. The lowest BCUT2D eigenvalue weighted by atomic mass is 9.93. The van der Waals surface area contributed by atoms with Gasteiger partial charge in [0.05, 0.1) is 4.90 Å². The summed E-state index contributed by atoms with van der Waals surface area (Å²) in [4.78, 5) is 53.9. The fraction of sp³-hybridized carbons (Fsp3) is 0.200. The van der Waals surface area contributed by atoms with Gasteiger partial charge in [-0.25, -0.2) is 13.6 Å². The summed E-state index contributed by atoms with van der Waals surface area (Å²) in [6, 6.07) is 13.1. The van der Waals surface area contributed by atoms with Crippen molar-refractivity contribution in [2.75, 3.05) is 18.5 Å². The summed E-state index contributed by atoms with van der Waals surface area (Å²) in [5.74, 6) is -2.21. The van der Waals surface area contributed by atoms with Crippen LogP contribution in [-0.2, 0) is 24.3 Å². The zero-order valence-corrected chi connectivity index (χ0v) is 21.2. The van der Waals surface area contributed by atoms with Gasteiger partial charge in [0.2, 0.25) is 10.0 Å². The average Bonchev–Trinajstić information content (AvgIpc) is 2.90. The van der Waals surface area contributed by atoms with Crippen LogP contribution in [0.5, 0.6) is 0 Å². The van der Waals surface area contributed by atoms with Gasteiger partial charge >= 0.3 is 5.97 Å². The van der Waals surface area contributed by atoms with Crippen molar-refractivity contribution in [3.63, 3.8) is 0 Å². The number of carbonyl (C=O) groups excluding carboxylic acids is 4. The third kappa shape index (κ3) is 6.04. The number of carbonyl (C=O) groups is 4. The number of nitrogens with zero attached hydrogens (tertiary/aromatic N) is 4. The van der Waals surface area contributed by atoms with Gasteiger partial charge in [-0.05, 0) is 60.2 Å². The van der Waals surface area contributed by atoms with Gasteiger partial charge in [0.1, 0.15) is 0 Å². The summed E-state index contributed by atoms with van der Waals surface area (Å²) in [5.41, 5.74) is 10.0. The molecule has 14 heteroatoms. The molecule has 3 aromatic rings. The average molecular weight is 551 g/mol. The number of benzene rings is 3. The van der Waals surface area contributed by atoms with Crippen LogP contribution < -0.4 is 10.5 Å². The molecule has 3 amide bonds. The first kappa shape index (κ1) is 27.3. The lowest BCUT2D eigenvalue weighted by molar-refractivity contribution is -0.147. The van der Waals surface area contributed by atoms with Crippen LogP contribution in [0.15, 0.2) is 64.6 Å². The second-order valence-corrected chi connectivity index (χ2v) is 10.1. The number of imide groups is 1. The molecule has 0 unspecified atom stereocenters. The van der Waals surface area contributed by atoms with Crippen LogP contribution in [-0.4, -0.2) is 50.2 Å². The minimum atomic E-state index is -3.86. The molecule has 39 heavy (non-hydrogen) atoms. The van der Waals surface area contributed by atoms with E-state index in [2.05, 4.69) is 15.3 Å². The fourth-order valence-electron chi connectivity index (χ4n) is 4.15. The SMILES string of the molecule is [N-]=[N+]=Nc1ccc2c3c(cccc13)C(=O)N(CCCCC(=O)OCC(=O)Nc1ccc(S(N)(=O)=O)cc1)C2=O. The minimum Gasteiger partial charge on any atom is -0.456 e. The molecule has 0 radical (unpaired) electrons. The van der Waals surface area contributed by atoms with E-state index in [1.165, 1.54) is 36.4 Å². The number of azide groups is 1. The molecule has 0 aromatic heterocycles. The van der Waals surface area contributed by atoms with Gasteiger partial charge in [-0.3, -0.25) is 24.1 Å². The Morgan fingerprint density at radius 1 is 1.00 bits per heavy atom. The van der Waals surface area contributed by atoms with Gasteiger partial charge in [0.25, 0.3) is 17.7 Å². The number of hydrogen-bond acceptors (Lipinski definition) is 8. The Bertz CT molecular complexity index is 1630. The Morgan fingerprint density at radius 2 is 1.69 bits per heavy atom. The number of ether oxygens (including phenoxy) is 1. The lowest BCUT2D eigenvalue weighted by Gasteiger charge is -2.27. The van der Waals surface area contributed by atoms with E-state index >= 15 is 0 Å². The Balaban J connectivity index is 1.26. The molecule has 200 valence electrons. The standard InChI is InChI=1S/C25H22N6O7S/c26-30-29-20-12-11-19-23-17(20)4-3-5-18(23)24(34)31(25(19)35)13-2-1-6-22(33)38-14-21(32)28-15-7-9-16(10-8-15)39(27,36)37/h3-5,7-12H,1-2,6,13-14H2,(H,28,32)(H2,27,36,37). The maximum absolute atomic E-state index is 13.0. The Labute approximate surface area is 222 Å². The smallest absolute Gasteiger partial charge is 0.306 e. The van der Waals surface area contributed by atoms with Crippen molar-refractivity contribution in [3.05, 3.63) is 76.2 Å². The topological polar surface area (TPSA) is 202 Å². The third-order valence-corrected chi connectivity index (χ3v) is 6.89. The van der Waals surface area contributed by atoms with Crippen LogP contribution in [0.4, 0.5) is 11.4 Å². The maximum Gasteiger partial charge on any atom is 0.306 e. The molecule has 0 spiro atoms. The molecule has 0 saturated carbocycles. The molecule has 1 aliphatic rings. The van der Waals surface area contributed by atoms with E-state index in [-0.39, 0.29) is 17.9 Å². The van der Waals surface area contributed by atoms with Crippen molar-refractivity contribution in [3.8, 4) is 0 Å². The first-order valence-electron chi connectivity index (χ1n) is 11.7. The normalized spacial score (nSPS) is 12.7. The highest BCUT2D eigenvalue weighted by atomic mass is 32.2. The van der Waals surface area contributed by atoms with Gasteiger partial charge < -0.3 is 10.1 Å². The second-order valence-electron chi connectivity index (χ2n) is 8.55. The van der Waals surface area contributed by atoms with Crippen LogP contribution in [0.3, 0.4) is 0 Å². The molecule has 0 atom stereocenters. The molecule has 0 fully saturated rings. The van der Waals surface area contributed by atoms with Crippen LogP contribution in [0.2, 0.25) is 0 Å². The predicted octanol–water partition coefficient (Wildman–Crippen LogP) is 3.38. The highest BCUT2D eigenvalue weighted by Gasteiger charge is 2.32. The molecule has 0 saturated heterocycles. The molecule has 0 aliphatic carbocycles. The van der Waals surface area contributed by atoms with Gasteiger partial charge in [0.15, 0.2) is 6.61 Å². The third-order valence-electron chi connectivity index (χ3n) is 5.96. The van der Waals surface area contributed by atoms with Crippen LogP contribution >= 0.6 is 0 Å². The highest BCUT2D eigenvalue weighted by molar-refractivity contribution is 7.89. The number of unbranched alkanes of at least 4 members (excludes halogenated alkanes) is 1. The number of esters is 1. The monoisotopic (exact) mass is 550 g/mol. The summed E-state index contributed by atoms with van der Waals surface area (Å²) in [7, 11) is -3.86. The number of amides is 3. The van der Waals surface area contributed by atoms with E-state index in [9.17, 15) is 27.6 Å². The number of sulfonamides is 1. The fourth-order valence-corrected chi connectivity index (χ4v) is 4.67. The van der Waals surface area contributed by atoms with Crippen molar-refractivity contribution >= 4 is 55.9 Å². The molecule has 0 bridgehead atoms. The Morgan fingerprint density at radius 3 is 2.36 bits per heavy atom. The van der Waals surface area contributed by atoms with E-state index in [4.69, 9.17) is 15.4 Å². The summed E-state index contributed by atoms with van der Waals surface area (Å²) in [6.07, 6.45) is 0.602. The van der Waals surface area contributed by atoms with Crippen LogP contribution in [0.1, 0.15) is 40.0 Å².